The van der Waals surface area contributed by atoms with Crippen molar-refractivity contribution in [2.24, 2.45) is 5.73 Å². The van der Waals surface area contributed by atoms with E-state index in [0.717, 1.165) is 17.4 Å². The van der Waals surface area contributed by atoms with Crippen LogP contribution in [0.1, 0.15) is 21.5 Å². The maximum Gasteiger partial charge on any atom is 0.296 e. The number of benzene rings is 2. The molecule has 22 heavy (non-hydrogen) atoms. The third kappa shape index (κ3) is 4.00. The molecule has 0 aromatic heterocycles. The lowest BCUT2D eigenvalue weighted by molar-refractivity contribution is 0.112. The fourth-order valence-electron chi connectivity index (χ4n) is 2.00. The highest BCUT2D eigenvalue weighted by molar-refractivity contribution is 7.86. The molecule has 2 N–H and O–H groups in total. The Hall–Kier alpha value is -2.02. The van der Waals surface area contributed by atoms with Crippen LogP contribution in [0.5, 0.6) is 0 Å². The molecule has 2 aromatic rings. The molecular formula is C16H17NO4S. The highest BCUT2D eigenvalue weighted by Crippen LogP contribution is 2.14. The molecule has 0 bridgehead atoms. The molecule has 0 atom stereocenters. The van der Waals surface area contributed by atoms with Crippen LogP contribution in [-0.4, -0.2) is 21.3 Å². The van der Waals surface area contributed by atoms with Crippen LogP contribution in [0, 0.1) is 0 Å². The van der Waals surface area contributed by atoms with Gasteiger partial charge in [0.2, 0.25) is 0 Å². The van der Waals surface area contributed by atoms with Gasteiger partial charge in [-0.15, -0.1) is 0 Å². The summed E-state index contributed by atoms with van der Waals surface area (Å²) in [4.78, 5) is 11.0. The molecule has 0 aliphatic rings. The lowest BCUT2D eigenvalue weighted by atomic mass is 10.1. The summed E-state index contributed by atoms with van der Waals surface area (Å²) in [6.45, 7) is 0.329. The van der Waals surface area contributed by atoms with Crippen LogP contribution in [0.15, 0.2) is 53.4 Å². The third-order valence-electron chi connectivity index (χ3n) is 3.24. The largest absolute Gasteiger partial charge is 0.326 e. The van der Waals surface area contributed by atoms with Gasteiger partial charge in [-0.05, 0) is 29.7 Å². The number of hydrogen-bond donors (Lipinski definition) is 1. The summed E-state index contributed by atoms with van der Waals surface area (Å²) in [7, 11) is -3.80. The Morgan fingerprint density at radius 1 is 1.05 bits per heavy atom. The number of carbonyl (C=O) groups excluding carboxylic acids is 1. The molecule has 0 saturated carbocycles. The van der Waals surface area contributed by atoms with Gasteiger partial charge in [0.05, 0.1) is 11.5 Å². The van der Waals surface area contributed by atoms with Gasteiger partial charge in [-0.3, -0.25) is 8.98 Å². The highest BCUT2D eigenvalue weighted by Gasteiger charge is 2.15. The zero-order valence-electron chi connectivity index (χ0n) is 11.9. The van der Waals surface area contributed by atoms with Crippen LogP contribution in [0.3, 0.4) is 0 Å². The van der Waals surface area contributed by atoms with Crippen molar-refractivity contribution in [3.8, 4) is 0 Å². The molecule has 2 rings (SSSR count). The first-order valence-electron chi connectivity index (χ1n) is 6.78. The van der Waals surface area contributed by atoms with Crippen LogP contribution in [0.2, 0.25) is 0 Å². The van der Waals surface area contributed by atoms with Crippen molar-refractivity contribution >= 4 is 16.4 Å². The predicted octanol–water partition coefficient (Wildman–Crippen LogP) is 1.91. The van der Waals surface area contributed by atoms with Gasteiger partial charge in [0.15, 0.2) is 0 Å². The Balaban J connectivity index is 2.01. The molecular weight excluding hydrogens is 302 g/mol. The minimum atomic E-state index is -3.80. The molecule has 0 amide bonds. The van der Waals surface area contributed by atoms with Crippen molar-refractivity contribution in [3.63, 3.8) is 0 Å². The molecule has 6 heteroatoms. The normalized spacial score (nSPS) is 11.3. The van der Waals surface area contributed by atoms with Gasteiger partial charge in [0.1, 0.15) is 6.29 Å². The van der Waals surface area contributed by atoms with Crippen molar-refractivity contribution in [1.82, 2.24) is 0 Å². The smallest absolute Gasteiger partial charge is 0.296 e. The van der Waals surface area contributed by atoms with E-state index in [1.807, 2.05) is 0 Å². The van der Waals surface area contributed by atoms with E-state index in [9.17, 15) is 13.2 Å². The van der Waals surface area contributed by atoms with Gasteiger partial charge in [-0.1, -0.05) is 36.4 Å². The highest BCUT2D eigenvalue weighted by atomic mass is 32.2. The first kappa shape index (κ1) is 16.4. The summed E-state index contributed by atoms with van der Waals surface area (Å²) in [6.07, 6.45) is 1.09. The quantitative estimate of drug-likeness (QED) is 0.622. The monoisotopic (exact) mass is 319 g/mol. The lowest BCUT2D eigenvalue weighted by Gasteiger charge is -2.07. The van der Waals surface area contributed by atoms with Crippen LogP contribution in [0.4, 0.5) is 0 Å². The molecule has 0 radical (unpaired) electrons. The predicted molar refractivity (Wildman–Crippen MR) is 83.0 cm³/mol. The standard InChI is InChI=1S/C16H17NO4S/c17-11-13-5-7-16(8-6-13)22(19,20)21-10-9-14-3-1-2-4-15(14)12-18/h1-8,12H,9-11,17H2. The van der Waals surface area contributed by atoms with E-state index in [-0.39, 0.29) is 11.5 Å². The molecule has 116 valence electrons. The fourth-order valence-corrected chi connectivity index (χ4v) is 2.91. The van der Waals surface area contributed by atoms with E-state index >= 15 is 0 Å². The van der Waals surface area contributed by atoms with Crippen LogP contribution >= 0.6 is 0 Å². The van der Waals surface area contributed by atoms with Gasteiger partial charge in [0.25, 0.3) is 10.1 Å². The van der Waals surface area contributed by atoms with E-state index in [1.165, 1.54) is 12.1 Å². The maximum absolute atomic E-state index is 12.1. The first-order chi connectivity index (χ1) is 10.6. The van der Waals surface area contributed by atoms with E-state index in [2.05, 4.69) is 0 Å². The van der Waals surface area contributed by atoms with Crippen molar-refractivity contribution in [2.75, 3.05) is 6.61 Å². The van der Waals surface area contributed by atoms with Gasteiger partial charge >= 0.3 is 0 Å². The summed E-state index contributed by atoms with van der Waals surface area (Å²) < 4.78 is 29.1. The number of carbonyl (C=O) groups is 1. The van der Waals surface area contributed by atoms with Crippen molar-refractivity contribution < 1.29 is 17.4 Å². The molecule has 2 aromatic carbocycles. The Bertz CT molecular complexity index is 739. The summed E-state index contributed by atoms with van der Waals surface area (Å²) in [5, 5.41) is 0. The Kier molecular flexibility index (Phi) is 5.43. The molecule has 5 nitrogen and oxygen atoms in total. The average molecular weight is 319 g/mol. The minimum absolute atomic E-state index is 0.0220. The number of rotatable bonds is 7. The zero-order valence-corrected chi connectivity index (χ0v) is 12.8. The summed E-state index contributed by atoms with van der Waals surface area (Å²) in [6, 6.07) is 13.2. The van der Waals surface area contributed by atoms with E-state index < -0.39 is 10.1 Å². The zero-order chi connectivity index (χ0) is 16.0. The van der Waals surface area contributed by atoms with Crippen LogP contribution in [0.25, 0.3) is 0 Å². The summed E-state index contributed by atoms with van der Waals surface area (Å²) in [5.41, 5.74) is 7.61. The Labute approximate surface area is 129 Å². The summed E-state index contributed by atoms with van der Waals surface area (Å²) >= 11 is 0. The molecule has 0 heterocycles. The van der Waals surface area contributed by atoms with Crippen LogP contribution in [-0.2, 0) is 27.3 Å². The van der Waals surface area contributed by atoms with Gasteiger partial charge in [-0.2, -0.15) is 8.42 Å². The molecule has 0 aliphatic heterocycles. The van der Waals surface area contributed by atoms with E-state index in [1.54, 1.807) is 36.4 Å². The SMILES string of the molecule is NCc1ccc(S(=O)(=O)OCCc2ccccc2C=O)cc1. The lowest BCUT2D eigenvalue weighted by Crippen LogP contribution is -2.10. The van der Waals surface area contributed by atoms with Crippen LogP contribution < -0.4 is 5.73 Å². The van der Waals surface area contributed by atoms with Gasteiger partial charge < -0.3 is 5.73 Å². The Morgan fingerprint density at radius 3 is 2.36 bits per heavy atom. The van der Waals surface area contributed by atoms with Crippen molar-refractivity contribution in [2.45, 2.75) is 17.9 Å². The molecule has 0 aliphatic carbocycles. The molecule has 0 saturated heterocycles. The van der Waals surface area contributed by atoms with E-state index in [0.29, 0.717) is 18.5 Å². The number of nitrogens with two attached hydrogens (primary N) is 1. The second-order valence-electron chi connectivity index (χ2n) is 4.69. The second-order valence-corrected chi connectivity index (χ2v) is 6.31. The van der Waals surface area contributed by atoms with Gasteiger partial charge in [0, 0.05) is 12.1 Å². The number of aldehydes is 1. The topological polar surface area (TPSA) is 86.5 Å². The van der Waals surface area contributed by atoms with Crippen molar-refractivity contribution in [3.05, 3.63) is 65.2 Å². The molecule has 0 unspecified atom stereocenters. The summed E-state index contributed by atoms with van der Waals surface area (Å²) in [5.74, 6) is 0. The van der Waals surface area contributed by atoms with Crippen molar-refractivity contribution in [1.29, 1.82) is 0 Å². The minimum Gasteiger partial charge on any atom is -0.326 e. The molecule has 0 fully saturated rings. The third-order valence-corrected chi connectivity index (χ3v) is 4.57. The second kappa shape index (κ2) is 7.31. The first-order valence-corrected chi connectivity index (χ1v) is 8.19. The maximum atomic E-state index is 12.1. The average Bonchev–Trinajstić information content (AvgIpc) is 2.55. The molecule has 0 spiro atoms. The Morgan fingerprint density at radius 2 is 1.73 bits per heavy atom. The fraction of sp³-hybridized carbons (Fsp3) is 0.188. The van der Waals surface area contributed by atoms with Gasteiger partial charge in [-0.25, -0.2) is 0 Å². The number of hydrogen-bond acceptors (Lipinski definition) is 5. The van der Waals surface area contributed by atoms with E-state index in [4.69, 9.17) is 9.92 Å².